The SMILES string of the molecule is CC(C)(C)OC(=O)CC(OC(=O)C12CC3CC(CC(C3)C1)C2)C1CC2CCC1C2. The lowest BCUT2D eigenvalue weighted by molar-refractivity contribution is -0.183. The van der Waals surface area contributed by atoms with Gasteiger partial charge in [-0.15, -0.1) is 0 Å². The van der Waals surface area contributed by atoms with Crippen LogP contribution in [-0.4, -0.2) is 23.6 Å². The number of carbonyl (C=O) groups excluding carboxylic acids is 2. The molecule has 0 aliphatic heterocycles. The largest absolute Gasteiger partial charge is 0.461 e. The topological polar surface area (TPSA) is 52.6 Å². The van der Waals surface area contributed by atoms with Crippen LogP contribution >= 0.6 is 0 Å². The molecule has 0 radical (unpaired) electrons. The number of fused-ring (bicyclic) bond motifs is 2. The molecular formula is C25H38O4. The van der Waals surface area contributed by atoms with Gasteiger partial charge >= 0.3 is 11.9 Å². The van der Waals surface area contributed by atoms with E-state index in [1.807, 2.05) is 20.8 Å². The summed E-state index contributed by atoms with van der Waals surface area (Å²) in [6, 6.07) is 0. The first-order valence-electron chi connectivity index (χ1n) is 12.1. The van der Waals surface area contributed by atoms with Gasteiger partial charge in [0, 0.05) is 0 Å². The first kappa shape index (κ1) is 19.9. The third-order valence-electron chi connectivity index (χ3n) is 8.79. The molecular weight excluding hydrogens is 364 g/mol. The van der Waals surface area contributed by atoms with Crippen LogP contribution in [0.25, 0.3) is 0 Å². The van der Waals surface area contributed by atoms with Crippen molar-refractivity contribution in [2.24, 2.45) is 40.9 Å². The van der Waals surface area contributed by atoms with Crippen LogP contribution in [0, 0.1) is 40.9 Å². The molecule has 29 heavy (non-hydrogen) atoms. The van der Waals surface area contributed by atoms with Gasteiger partial charge in [-0.25, -0.2) is 0 Å². The molecule has 6 bridgehead atoms. The van der Waals surface area contributed by atoms with Gasteiger partial charge in [0.1, 0.15) is 11.7 Å². The molecule has 6 fully saturated rings. The fraction of sp³-hybridized carbons (Fsp3) is 0.920. The average molecular weight is 403 g/mol. The zero-order valence-electron chi connectivity index (χ0n) is 18.5. The molecule has 4 atom stereocenters. The fourth-order valence-electron chi connectivity index (χ4n) is 8.20. The van der Waals surface area contributed by atoms with Crippen LogP contribution in [0.3, 0.4) is 0 Å². The molecule has 0 spiro atoms. The highest BCUT2D eigenvalue weighted by atomic mass is 16.6. The molecule has 0 heterocycles. The molecule has 4 heteroatoms. The van der Waals surface area contributed by atoms with Gasteiger partial charge in [0.05, 0.1) is 11.8 Å². The van der Waals surface area contributed by atoms with Crippen molar-refractivity contribution in [2.45, 2.75) is 103 Å². The molecule has 4 unspecified atom stereocenters. The van der Waals surface area contributed by atoms with E-state index in [2.05, 4.69) is 0 Å². The fourth-order valence-corrected chi connectivity index (χ4v) is 8.20. The molecule has 0 aromatic rings. The van der Waals surface area contributed by atoms with E-state index in [1.54, 1.807) is 0 Å². The van der Waals surface area contributed by atoms with Crippen LogP contribution in [0.5, 0.6) is 0 Å². The molecule has 6 saturated carbocycles. The lowest BCUT2D eigenvalue weighted by Crippen LogP contribution is -2.51. The van der Waals surface area contributed by atoms with E-state index < -0.39 is 5.60 Å². The number of hydrogen-bond acceptors (Lipinski definition) is 4. The van der Waals surface area contributed by atoms with Gasteiger partial charge in [-0.3, -0.25) is 9.59 Å². The summed E-state index contributed by atoms with van der Waals surface area (Å²) in [7, 11) is 0. The van der Waals surface area contributed by atoms with Crippen molar-refractivity contribution in [1.82, 2.24) is 0 Å². The molecule has 0 aromatic carbocycles. The Morgan fingerprint density at radius 2 is 1.52 bits per heavy atom. The van der Waals surface area contributed by atoms with E-state index in [9.17, 15) is 9.59 Å². The molecule has 6 aliphatic rings. The van der Waals surface area contributed by atoms with Gasteiger partial charge in [-0.05, 0) is 114 Å². The second kappa shape index (κ2) is 6.99. The molecule has 4 nitrogen and oxygen atoms in total. The summed E-state index contributed by atoms with van der Waals surface area (Å²) in [4.78, 5) is 26.2. The zero-order valence-corrected chi connectivity index (χ0v) is 18.5. The van der Waals surface area contributed by atoms with E-state index in [4.69, 9.17) is 9.47 Å². The molecule has 0 saturated heterocycles. The first-order chi connectivity index (χ1) is 13.7. The number of esters is 2. The minimum atomic E-state index is -0.500. The Morgan fingerprint density at radius 3 is 2.00 bits per heavy atom. The molecule has 6 rings (SSSR count). The van der Waals surface area contributed by atoms with Crippen LogP contribution in [0.1, 0.15) is 91.4 Å². The highest BCUT2D eigenvalue weighted by Gasteiger charge is 2.56. The highest BCUT2D eigenvalue weighted by molar-refractivity contribution is 5.78. The van der Waals surface area contributed by atoms with Crippen molar-refractivity contribution in [3.8, 4) is 0 Å². The van der Waals surface area contributed by atoms with Crippen LogP contribution < -0.4 is 0 Å². The molecule has 162 valence electrons. The lowest BCUT2D eigenvalue weighted by atomic mass is 9.49. The van der Waals surface area contributed by atoms with Gasteiger partial charge < -0.3 is 9.47 Å². The standard InChI is InChI=1S/C25H38O4/c1-24(2,3)29-22(26)11-21(20-10-15-4-5-19(20)9-15)28-23(27)25-12-16-6-17(13-25)8-18(7-16)14-25/h15-21H,4-14H2,1-3H3. The third-order valence-corrected chi connectivity index (χ3v) is 8.79. The van der Waals surface area contributed by atoms with Crippen LogP contribution in [0.4, 0.5) is 0 Å². The Kier molecular flexibility index (Phi) is 4.79. The van der Waals surface area contributed by atoms with Crippen LogP contribution in [0.2, 0.25) is 0 Å². The van der Waals surface area contributed by atoms with Gasteiger partial charge in [0.15, 0.2) is 0 Å². The Labute approximate surface area is 175 Å². The molecule has 6 aliphatic carbocycles. The third kappa shape index (κ3) is 3.85. The molecule has 0 amide bonds. The smallest absolute Gasteiger partial charge is 0.312 e. The zero-order chi connectivity index (χ0) is 20.4. The summed E-state index contributed by atoms with van der Waals surface area (Å²) in [5, 5.41) is 0. The normalized spacial score (nSPS) is 43.4. The van der Waals surface area contributed by atoms with Gasteiger partial charge in [-0.2, -0.15) is 0 Å². The summed E-state index contributed by atoms with van der Waals surface area (Å²) >= 11 is 0. The quantitative estimate of drug-likeness (QED) is 0.587. The number of rotatable bonds is 5. The minimum Gasteiger partial charge on any atom is -0.461 e. The maximum Gasteiger partial charge on any atom is 0.312 e. The lowest BCUT2D eigenvalue weighted by Gasteiger charge is -2.55. The predicted octanol–water partition coefficient (Wildman–Crippen LogP) is 5.28. The van der Waals surface area contributed by atoms with Crippen molar-refractivity contribution in [2.75, 3.05) is 0 Å². The Bertz CT molecular complexity index is 640. The summed E-state index contributed by atoms with van der Waals surface area (Å²) in [6.07, 6.45) is 11.9. The Morgan fingerprint density at radius 1 is 0.897 bits per heavy atom. The maximum atomic E-state index is 13.6. The van der Waals surface area contributed by atoms with Crippen molar-refractivity contribution < 1.29 is 19.1 Å². The Hall–Kier alpha value is -1.06. The number of ether oxygens (including phenoxy) is 2. The summed E-state index contributed by atoms with van der Waals surface area (Å²) in [5.41, 5.74) is -0.751. The second-order valence-electron chi connectivity index (χ2n) is 12.3. The summed E-state index contributed by atoms with van der Waals surface area (Å²) < 4.78 is 11.9. The predicted molar refractivity (Wildman–Crippen MR) is 110 cm³/mol. The summed E-state index contributed by atoms with van der Waals surface area (Å²) in [5.74, 6) is 3.71. The van der Waals surface area contributed by atoms with Gasteiger partial charge in [0.2, 0.25) is 0 Å². The monoisotopic (exact) mass is 402 g/mol. The number of hydrogen-bond donors (Lipinski definition) is 0. The highest BCUT2D eigenvalue weighted by Crippen LogP contribution is 2.61. The maximum absolute atomic E-state index is 13.6. The van der Waals surface area contributed by atoms with E-state index in [-0.39, 0.29) is 29.9 Å². The van der Waals surface area contributed by atoms with Crippen LogP contribution in [0.15, 0.2) is 0 Å². The van der Waals surface area contributed by atoms with Crippen molar-refractivity contribution >= 4 is 11.9 Å². The van der Waals surface area contributed by atoms with Crippen LogP contribution in [-0.2, 0) is 19.1 Å². The average Bonchev–Trinajstić information content (AvgIpc) is 3.21. The summed E-state index contributed by atoms with van der Waals surface area (Å²) in [6.45, 7) is 5.71. The Balaban J connectivity index is 1.31. The van der Waals surface area contributed by atoms with E-state index in [0.29, 0.717) is 11.8 Å². The van der Waals surface area contributed by atoms with Crippen molar-refractivity contribution in [1.29, 1.82) is 0 Å². The van der Waals surface area contributed by atoms with Crippen molar-refractivity contribution in [3.05, 3.63) is 0 Å². The minimum absolute atomic E-state index is 0.0212. The first-order valence-corrected chi connectivity index (χ1v) is 12.1. The van der Waals surface area contributed by atoms with Gasteiger partial charge in [0.25, 0.3) is 0 Å². The molecule has 0 N–H and O–H groups in total. The van der Waals surface area contributed by atoms with E-state index >= 15 is 0 Å². The van der Waals surface area contributed by atoms with Crippen molar-refractivity contribution in [3.63, 3.8) is 0 Å². The molecule has 0 aromatic heterocycles. The van der Waals surface area contributed by atoms with Gasteiger partial charge in [-0.1, -0.05) is 6.42 Å². The van der Waals surface area contributed by atoms with E-state index in [1.165, 1.54) is 38.5 Å². The second-order valence-corrected chi connectivity index (χ2v) is 12.3. The number of carbonyl (C=O) groups is 2. The van der Waals surface area contributed by atoms with E-state index in [0.717, 1.165) is 49.4 Å².